The average Bonchev–Trinajstić information content (AvgIpc) is 3.30. The van der Waals surface area contributed by atoms with Gasteiger partial charge in [0.2, 0.25) is 5.88 Å². The Bertz CT molecular complexity index is 560. The Morgan fingerprint density at radius 2 is 2.23 bits per heavy atom. The van der Waals surface area contributed by atoms with Gasteiger partial charge in [-0.2, -0.15) is 0 Å². The highest BCUT2D eigenvalue weighted by Gasteiger charge is 2.23. The first kappa shape index (κ1) is 16.5. The van der Waals surface area contributed by atoms with E-state index in [0.717, 1.165) is 0 Å². The van der Waals surface area contributed by atoms with E-state index < -0.39 is 5.97 Å². The molecule has 0 radical (unpaired) electrons. The van der Waals surface area contributed by atoms with E-state index in [-0.39, 0.29) is 18.9 Å². The van der Waals surface area contributed by atoms with Crippen molar-refractivity contribution in [1.82, 2.24) is 9.88 Å². The molecule has 6 nitrogen and oxygen atoms in total. The topological polar surface area (TPSA) is 79.7 Å². The molecule has 0 saturated heterocycles. The van der Waals surface area contributed by atoms with Gasteiger partial charge in [0.1, 0.15) is 5.02 Å². The third-order valence-electron chi connectivity index (χ3n) is 3.47. The molecular formula is C15H19ClN2O4. The number of aromatic nitrogens is 1. The van der Waals surface area contributed by atoms with Crippen molar-refractivity contribution < 1.29 is 19.4 Å². The molecule has 120 valence electrons. The van der Waals surface area contributed by atoms with Crippen molar-refractivity contribution >= 4 is 23.5 Å². The summed E-state index contributed by atoms with van der Waals surface area (Å²) < 4.78 is 5.52. The maximum Gasteiger partial charge on any atom is 0.305 e. The van der Waals surface area contributed by atoms with Gasteiger partial charge in [-0.1, -0.05) is 11.6 Å². The lowest BCUT2D eigenvalue weighted by Gasteiger charge is -2.20. The summed E-state index contributed by atoms with van der Waals surface area (Å²) in [5.74, 6) is -0.303. The SMILES string of the molecule is CCN(CCC(=O)O)C(=O)c1cnc(OCC2CC2)c(Cl)c1. The minimum Gasteiger partial charge on any atom is -0.481 e. The van der Waals surface area contributed by atoms with Gasteiger partial charge in [0.15, 0.2) is 0 Å². The molecule has 1 saturated carbocycles. The van der Waals surface area contributed by atoms with E-state index >= 15 is 0 Å². The number of ether oxygens (including phenoxy) is 1. The summed E-state index contributed by atoms with van der Waals surface area (Å²) in [5.41, 5.74) is 0.330. The van der Waals surface area contributed by atoms with Crippen LogP contribution in [0.1, 0.15) is 36.5 Å². The fraction of sp³-hybridized carbons (Fsp3) is 0.533. The molecule has 22 heavy (non-hydrogen) atoms. The first-order valence-electron chi connectivity index (χ1n) is 7.30. The number of halogens is 1. The van der Waals surface area contributed by atoms with E-state index in [0.29, 0.717) is 35.5 Å². The lowest BCUT2D eigenvalue weighted by atomic mass is 10.2. The lowest BCUT2D eigenvalue weighted by Crippen LogP contribution is -2.32. The molecule has 1 heterocycles. The van der Waals surface area contributed by atoms with Gasteiger partial charge in [0, 0.05) is 19.3 Å². The molecule has 1 aliphatic rings. The molecule has 0 aliphatic heterocycles. The van der Waals surface area contributed by atoms with Crippen molar-refractivity contribution in [3.63, 3.8) is 0 Å². The van der Waals surface area contributed by atoms with Crippen LogP contribution >= 0.6 is 11.6 Å². The van der Waals surface area contributed by atoms with Gasteiger partial charge in [-0.05, 0) is 31.7 Å². The molecule has 1 aromatic heterocycles. The Balaban J connectivity index is 2.01. The van der Waals surface area contributed by atoms with Crippen molar-refractivity contribution in [1.29, 1.82) is 0 Å². The Morgan fingerprint density at radius 1 is 1.50 bits per heavy atom. The number of carbonyl (C=O) groups is 2. The van der Waals surface area contributed by atoms with Gasteiger partial charge in [0.05, 0.1) is 18.6 Å². The second-order valence-electron chi connectivity index (χ2n) is 5.29. The Hall–Kier alpha value is -1.82. The third kappa shape index (κ3) is 4.59. The van der Waals surface area contributed by atoms with Crippen LogP contribution in [0.2, 0.25) is 5.02 Å². The Labute approximate surface area is 134 Å². The second-order valence-corrected chi connectivity index (χ2v) is 5.70. The molecule has 7 heteroatoms. The quantitative estimate of drug-likeness (QED) is 0.793. The molecule has 0 unspecified atom stereocenters. The Kier molecular flexibility index (Phi) is 5.60. The van der Waals surface area contributed by atoms with Crippen LogP contribution in [0.3, 0.4) is 0 Å². The summed E-state index contributed by atoms with van der Waals surface area (Å²) in [7, 11) is 0. The molecule has 1 N–H and O–H groups in total. The van der Waals surface area contributed by atoms with E-state index in [9.17, 15) is 9.59 Å². The summed E-state index contributed by atoms with van der Waals surface area (Å²) in [6.07, 6.45) is 3.66. The zero-order chi connectivity index (χ0) is 16.1. The van der Waals surface area contributed by atoms with Gasteiger partial charge >= 0.3 is 5.97 Å². The monoisotopic (exact) mass is 326 g/mol. The summed E-state index contributed by atoms with van der Waals surface area (Å²) in [6.45, 7) is 2.97. The lowest BCUT2D eigenvalue weighted by molar-refractivity contribution is -0.137. The van der Waals surface area contributed by atoms with E-state index in [2.05, 4.69) is 4.98 Å². The number of pyridine rings is 1. The highest BCUT2D eigenvalue weighted by atomic mass is 35.5. The minimum atomic E-state index is -0.939. The zero-order valence-electron chi connectivity index (χ0n) is 12.4. The van der Waals surface area contributed by atoms with Gasteiger partial charge in [0.25, 0.3) is 5.91 Å². The van der Waals surface area contributed by atoms with E-state index in [1.54, 1.807) is 6.92 Å². The van der Waals surface area contributed by atoms with Crippen LogP contribution in [0.5, 0.6) is 5.88 Å². The number of rotatable bonds is 8. The standard InChI is InChI=1S/C15H19ClN2O4/c1-2-18(6-5-13(19)20)15(21)11-7-12(16)14(17-8-11)22-9-10-3-4-10/h7-8,10H,2-6,9H2,1H3,(H,19,20). The van der Waals surface area contributed by atoms with E-state index in [1.165, 1.54) is 30.0 Å². The van der Waals surface area contributed by atoms with Gasteiger partial charge in [-0.3, -0.25) is 9.59 Å². The molecule has 1 fully saturated rings. The molecule has 2 rings (SSSR count). The maximum absolute atomic E-state index is 12.3. The summed E-state index contributed by atoms with van der Waals surface area (Å²) in [6, 6.07) is 1.52. The van der Waals surface area contributed by atoms with Crippen LogP contribution in [-0.2, 0) is 4.79 Å². The first-order chi connectivity index (χ1) is 10.5. The van der Waals surface area contributed by atoms with Crippen molar-refractivity contribution in [2.75, 3.05) is 19.7 Å². The highest BCUT2D eigenvalue weighted by Crippen LogP contribution is 2.31. The van der Waals surface area contributed by atoms with E-state index in [1.807, 2.05) is 0 Å². The number of hydrogen-bond donors (Lipinski definition) is 1. The molecule has 0 aromatic carbocycles. The number of nitrogens with zero attached hydrogens (tertiary/aromatic N) is 2. The number of carbonyl (C=O) groups excluding carboxylic acids is 1. The molecular weight excluding hydrogens is 308 g/mol. The predicted molar refractivity (Wildman–Crippen MR) is 81.3 cm³/mol. The molecule has 1 aliphatic carbocycles. The maximum atomic E-state index is 12.3. The summed E-state index contributed by atoms with van der Waals surface area (Å²) in [5, 5.41) is 9.00. The predicted octanol–water partition coefficient (Wildman–Crippen LogP) is 2.46. The van der Waals surface area contributed by atoms with Crippen LogP contribution in [-0.4, -0.2) is 46.6 Å². The number of amides is 1. The number of hydrogen-bond acceptors (Lipinski definition) is 4. The summed E-state index contributed by atoms with van der Waals surface area (Å²) >= 11 is 6.10. The van der Waals surface area contributed by atoms with Crippen LogP contribution in [0, 0.1) is 5.92 Å². The van der Waals surface area contributed by atoms with Crippen molar-refractivity contribution in [2.24, 2.45) is 5.92 Å². The van der Waals surface area contributed by atoms with Gasteiger partial charge < -0.3 is 14.7 Å². The van der Waals surface area contributed by atoms with Crippen molar-refractivity contribution in [3.8, 4) is 5.88 Å². The first-order valence-corrected chi connectivity index (χ1v) is 7.68. The van der Waals surface area contributed by atoms with Crippen molar-refractivity contribution in [2.45, 2.75) is 26.2 Å². The molecule has 0 atom stereocenters. The number of aliphatic carboxylic acids is 1. The normalized spacial score (nSPS) is 13.7. The fourth-order valence-electron chi connectivity index (χ4n) is 1.95. The molecule has 0 spiro atoms. The number of carboxylic acid groups (broad SMARTS) is 1. The molecule has 1 aromatic rings. The second kappa shape index (κ2) is 7.45. The third-order valence-corrected chi connectivity index (χ3v) is 3.74. The van der Waals surface area contributed by atoms with Gasteiger partial charge in [-0.25, -0.2) is 4.98 Å². The fourth-order valence-corrected chi connectivity index (χ4v) is 2.17. The molecule has 1 amide bonds. The van der Waals surface area contributed by atoms with Crippen molar-refractivity contribution in [3.05, 3.63) is 22.8 Å². The highest BCUT2D eigenvalue weighted by molar-refractivity contribution is 6.32. The van der Waals surface area contributed by atoms with Crippen LogP contribution in [0.4, 0.5) is 0 Å². The van der Waals surface area contributed by atoms with Crippen LogP contribution in [0.25, 0.3) is 0 Å². The largest absolute Gasteiger partial charge is 0.481 e. The van der Waals surface area contributed by atoms with Crippen LogP contribution in [0.15, 0.2) is 12.3 Å². The van der Waals surface area contributed by atoms with Gasteiger partial charge in [-0.15, -0.1) is 0 Å². The smallest absolute Gasteiger partial charge is 0.305 e. The average molecular weight is 327 g/mol. The van der Waals surface area contributed by atoms with E-state index in [4.69, 9.17) is 21.4 Å². The number of carboxylic acids is 1. The zero-order valence-corrected chi connectivity index (χ0v) is 13.2. The molecule has 0 bridgehead atoms. The summed E-state index contributed by atoms with van der Waals surface area (Å²) in [4.78, 5) is 28.5. The van der Waals surface area contributed by atoms with Crippen LogP contribution < -0.4 is 4.74 Å². The minimum absolute atomic E-state index is 0.0939. The Morgan fingerprint density at radius 3 is 2.77 bits per heavy atom.